The average Bonchev–Trinajstić information content (AvgIpc) is 3.25. The molecular formula is C53H66N4OS. The zero-order valence-electron chi connectivity index (χ0n) is 36.3. The second kappa shape index (κ2) is 28.8. The van der Waals surface area contributed by atoms with Crippen molar-refractivity contribution in [2.75, 3.05) is 5.75 Å². The Balaban J connectivity index is 0.00000590. The minimum Gasteiger partial charge on any atom is -0.457 e. The van der Waals surface area contributed by atoms with Gasteiger partial charge in [0.25, 0.3) is 0 Å². The quantitative estimate of drug-likeness (QED) is 0.0282. The first-order chi connectivity index (χ1) is 28.5. The smallest absolute Gasteiger partial charge is 0.134 e. The predicted octanol–water partition coefficient (Wildman–Crippen LogP) is 14.7. The van der Waals surface area contributed by atoms with Gasteiger partial charge in [-0.25, -0.2) is 0 Å². The maximum Gasteiger partial charge on any atom is 0.134 e. The fourth-order valence-corrected chi connectivity index (χ4v) is 5.88. The Labute approximate surface area is 362 Å². The van der Waals surface area contributed by atoms with E-state index in [1.807, 2.05) is 88.4 Å². The molecule has 2 aromatic rings. The Morgan fingerprint density at radius 1 is 0.864 bits per heavy atom. The van der Waals surface area contributed by atoms with E-state index in [0.29, 0.717) is 35.0 Å². The van der Waals surface area contributed by atoms with E-state index in [-0.39, 0.29) is 0 Å². The fourth-order valence-electron chi connectivity index (χ4n) is 5.61. The van der Waals surface area contributed by atoms with Crippen LogP contribution in [0.2, 0.25) is 0 Å². The lowest BCUT2D eigenvalue weighted by Gasteiger charge is -2.17. The Hall–Kier alpha value is -5.59. The molecule has 1 unspecified atom stereocenters. The minimum absolute atomic E-state index is 0.432. The molecule has 0 bridgehead atoms. The number of nitrogens with zero attached hydrogens (tertiary/aromatic N) is 4. The summed E-state index contributed by atoms with van der Waals surface area (Å²) in [5, 5.41) is 16.7. The third kappa shape index (κ3) is 19.6. The Bertz CT molecular complexity index is 2030. The van der Waals surface area contributed by atoms with Gasteiger partial charge in [0.15, 0.2) is 0 Å². The van der Waals surface area contributed by atoms with Crippen molar-refractivity contribution in [2.24, 2.45) is 26.3 Å². The van der Waals surface area contributed by atoms with Crippen molar-refractivity contribution in [1.29, 1.82) is 0 Å². The van der Waals surface area contributed by atoms with Crippen molar-refractivity contribution in [3.8, 4) is 5.75 Å². The molecule has 0 spiro atoms. The first-order valence-corrected chi connectivity index (χ1v) is 21.3. The van der Waals surface area contributed by atoms with E-state index in [1.54, 1.807) is 24.9 Å². The van der Waals surface area contributed by atoms with Crippen LogP contribution in [0.4, 0.5) is 0 Å². The van der Waals surface area contributed by atoms with Crippen molar-refractivity contribution < 1.29 is 4.74 Å². The van der Waals surface area contributed by atoms with Crippen molar-refractivity contribution in [3.05, 3.63) is 192 Å². The molecule has 0 N–H and O–H groups in total. The van der Waals surface area contributed by atoms with E-state index >= 15 is 0 Å². The van der Waals surface area contributed by atoms with Gasteiger partial charge in [0.1, 0.15) is 11.5 Å². The molecule has 0 saturated carbocycles. The molecule has 0 aliphatic heterocycles. The molecule has 5 nitrogen and oxygen atoms in total. The van der Waals surface area contributed by atoms with Crippen LogP contribution in [0.15, 0.2) is 190 Å². The summed E-state index contributed by atoms with van der Waals surface area (Å²) in [6.07, 6.45) is 31.1. The standard InChI is InChI=1S/C51H60N4OS.C2H6/c1-10-12-13-14-15-16-42(7)50-32-48(31-43(8)49(11-2)29-20-40(5)34-53-55-36-46-24-26-47(37-57)27-25-46)28-30-51(50)56-44(9)41(6)21-17-39(4)33-52-54-35-45-22-18-38(3)19-23-45;1-2/h11,17-26,28-30,32-36,47,57H,2,4,6-10,12-16,27,31,37H2,1,3,5H3;1-2H3/b21-17-,40-20+,49-29+,52-33+,53-34+,54-35+,55-36+;. The van der Waals surface area contributed by atoms with Crippen LogP contribution in [0.1, 0.15) is 94.9 Å². The van der Waals surface area contributed by atoms with Crippen molar-refractivity contribution in [1.82, 2.24) is 0 Å². The van der Waals surface area contributed by atoms with Gasteiger partial charge >= 0.3 is 0 Å². The van der Waals surface area contributed by atoms with Gasteiger partial charge in [-0.2, -0.15) is 33.0 Å². The third-order valence-corrected chi connectivity index (χ3v) is 9.70. The van der Waals surface area contributed by atoms with Crippen molar-refractivity contribution in [2.45, 2.75) is 86.0 Å². The van der Waals surface area contributed by atoms with E-state index < -0.39 is 0 Å². The lowest BCUT2D eigenvalue weighted by Crippen LogP contribution is -2.01. The monoisotopic (exact) mass is 806 g/mol. The number of rotatable bonds is 24. The summed E-state index contributed by atoms with van der Waals surface area (Å²) in [6, 6.07) is 14.3. The predicted molar refractivity (Wildman–Crippen MR) is 266 cm³/mol. The molecule has 0 saturated heterocycles. The van der Waals surface area contributed by atoms with Gasteiger partial charge in [-0.05, 0) is 108 Å². The second-order valence-electron chi connectivity index (χ2n) is 14.2. The van der Waals surface area contributed by atoms with E-state index in [4.69, 9.17) is 4.74 Å². The van der Waals surface area contributed by atoms with E-state index in [9.17, 15) is 0 Å². The lowest BCUT2D eigenvalue weighted by atomic mass is 9.94. The number of unbranched alkanes of at least 4 members (excludes halogenated alkanes) is 4. The van der Waals surface area contributed by atoms with Gasteiger partial charge < -0.3 is 4.74 Å². The normalized spacial score (nSPS) is 14.5. The molecule has 1 aliphatic rings. The highest BCUT2D eigenvalue weighted by molar-refractivity contribution is 7.80. The second-order valence-corrected chi connectivity index (χ2v) is 14.6. The average molecular weight is 807 g/mol. The molecule has 0 amide bonds. The molecule has 0 fully saturated rings. The van der Waals surface area contributed by atoms with Gasteiger partial charge in [-0.3, -0.25) is 0 Å². The maximum absolute atomic E-state index is 6.36. The SMILES string of the molecule is C=C\C(=C/C=C(C)/C=N/N=C/C1=CCC(CS)C=C1)C(=C)Cc1ccc(OC(=C)C(=C)/C=C\C(=C)/C=N/N=C/c2ccc(C)cc2)c(C(=C)CCCCCCC)c1.CC. The highest BCUT2D eigenvalue weighted by Crippen LogP contribution is 2.33. The van der Waals surface area contributed by atoms with Crippen LogP contribution in [0, 0.1) is 12.8 Å². The molecule has 6 heteroatoms. The molecule has 2 aromatic carbocycles. The van der Waals surface area contributed by atoms with Gasteiger partial charge in [0.05, 0.1) is 24.9 Å². The number of aryl methyl sites for hydroxylation is 1. The lowest BCUT2D eigenvalue weighted by molar-refractivity contribution is 0.440. The largest absolute Gasteiger partial charge is 0.457 e. The number of ether oxygens (including phenoxy) is 1. The van der Waals surface area contributed by atoms with Gasteiger partial charge in [0.2, 0.25) is 0 Å². The van der Waals surface area contributed by atoms with Gasteiger partial charge in [0, 0.05) is 11.1 Å². The molecule has 59 heavy (non-hydrogen) atoms. The van der Waals surface area contributed by atoms with E-state index in [2.05, 4.69) is 110 Å². The van der Waals surface area contributed by atoms with Gasteiger partial charge in [-0.15, -0.1) is 0 Å². The summed E-state index contributed by atoms with van der Waals surface area (Å²) in [7, 11) is 0. The van der Waals surface area contributed by atoms with Crippen LogP contribution in [0.3, 0.4) is 0 Å². The van der Waals surface area contributed by atoms with Crippen LogP contribution >= 0.6 is 12.6 Å². The molecule has 1 atom stereocenters. The van der Waals surface area contributed by atoms with E-state index in [0.717, 1.165) is 69.6 Å². The maximum atomic E-state index is 6.36. The zero-order chi connectivity index (χ0) is 43.4. The van der Waals surface area contributed by atoms with E-state index in [1.165, 1.54) is 31.2 Å². The first-order valence-electron chi connectivity index (χ1n) is 20.6. The number of hydrogen-bond donors (Lipinski definition) is 1. The van der Waals surface area contributed by atoms with Crippen LogP contribution in [-0.2, 0) is 6.42 Å². The number of benzene rings is 2. The number of thiol groups is 1. The summed E-state index contributed by atoms with van der Waals surface area (Å²) in [6.45, 7) is 35.6. The van der Waals surface area contributed by atoms with Crippen LogP contribution in [0.25, 0.3) is 5.57 Å². The summed E-state index contributed by atoms with van der Waals surface area (Å²) in [5.41, 5.74) is 10.4. The highest BCUT2D eigenvalue weighted by Gasteiger charge is 2.13. The molecule has 3 rings (SSSR count). The molecule has 0 aromatic heterocycles. The Kier molecular flexibility index (Phi) is 24.1. The minimum atomic E-state index is 0.432. The number of hydrogen-bond acceptors (Lipinski definition) is 6. The number of allylic oxidation sites excluding steroid dienone is 14. The summed E-state index contributed by atoms with van der Waals surface area (Å²) in [4.78, 5) is 0. The third-order valence-electron chi connectivity index (χ3n) is 9.23. The topological polar surface area (TPSA) is 58.7 Å². The van der Waals surface area contributed by atoms with Gasteiger partial charge in [-0.1, -0.05) is 170 Å². The summed E-state index contributed by atoms with van der Waals surface area (Å²) >= 11 is 4.37. The molecular weight excluding hydrogens is 741 g/mol. The summed E-state index contributed by atoms with van der Waals surface area (Å²) in [5.74, 6) is 2.45. The molecule has 1 aliphatic carbocycles. The van der Waals surface area contributed by atoms with Crippen molar-refractivity contribution >= 4 is 43.1 Å². The fraction of sp³-hybridized carbons (Fsp3) is 0.283. The summed E-state index contributed by atoms with van der Waals surface area (Å²) < 4.78 is 6.36. The molecule has 0 radical (unpaired) electrons. The first kappa shape index (κ1) is 49.6. The molecule has 0 heterocycles. The Morgan fingerprint density at radius 3 is 2.25 bits per heavy atom. The highest BCUT2D eigenvalue weighted by atomic mass is 32.1. The molecule has 310 valence electrons. The zero-order valence-corrected chi connectivity index (χ0v) is 37.2. The van der Waals surface area contributed by atoms with Crippen LogP contribution in [0.5, 0.6) is 5.75 Å². The van der Waals surface area contributed by atoms with Crippen molar-refractivity contribution in [3.63, 3.8) is 0 Å². The Morgan fingerprint density at radius 2 is 1.58 bits per heavy atom. The van der Waals surface area contributed by atoms with Crippen LogP contribution < -0.4 is 4.74 Å². The van der Waals surface area contributed by atoms with Crippen LogP contribution in [-0.4, -0.2) is 30.6 Å².